The Morgan fingerprint density at radius 2 is 2.33 bits per heavy atom. The lowest BCUT2D eigenvalue weighted by Gasteiger charge is -1.96. The number of benzene rings is 1. The zero-order valence-electron chi connectivity index (χ0n) is 8.46. The van der Waals surface area contributed by atoms with E-state index in [4.69, 9.17) is 4.74 Å². The molecule has 2 aromatic rings. The van der Waals surface area contributed by atoms with Gasteiger partial charge in [-0.2, -0.15) is 0 Å². The molecule has 0 saturated heterocycles. The monoisotopic (exact) mass is 220 g/mol. The van der Waals surface area contributed by atoms with Crippen LogP contribution in [0.3, 0.4) is 0 Å². The van der Waals surface area contributed by atoms with Gasteiger partial charge in [0.25, 0.3) is 0 Å². The Kier molecular flexibility index (Phi) is 2.60. The van der Waals surface area contributed by atoms with Gasteiger partial charge in [0.1, 0.15) is 5.75 Å². The fourth-order valence-electron chi connectivity index (χ4n) is 1.30. The third kappa shape index (κ3) is 2.10. The Morgan fingerprint density at radius 1 is 1.53 bits per heavy atom. The first-order valence-corrected chi connectivity index (χ1v) is 5.28. The number of thiophene rings is 1. The minimum atomic E-state index is -0.0616. The number of hydrogen-bond acceptors (Lipinski definition) is 3. The molecule has 1 radical (unpaired) electrons. The van der Waals surface area contributed by atoms with E-state index in [9.17, 15) is 4.79 Å². The molecular weight excluding hydrogens is 210 g/mol. The molecule has 0 spiro atoms. The fourth-order valence-corrected chi connectivity index (χ4v) is 2.30. The topological polar surface area (TPSA) is 38.3 Å². The highest BCUT2D eigenvalue weighted by Gasteiger charge is 2.04. The predicted molar refractivity (Wildman–Crippen MR) is 61.5 cm³/mol. The zero-order valence-corrected chi connectivity index (χ0v) is 9.27. The number of rotatable bonds is 2. The summed E-state index contributed by atoms with van der Waals surface area (Å²) in [5.74, 6) is 0.646. The number of carbonyl (C=O) groups is 1. The number of nitrogens with one attached hydrogen (secondary N) is 1. The van der Waals surface area contributed by atoms with Gasteiger partial charge in [-0.3, -0.25) is 4.79 Å². The molecule has 0 unspecified atom stereocenters. The Labute approximate surface area is 91.7 Å². The third-order valence-electron chi connectivity index (χ3n) is 1.93. The standard InChI is InChI=1S/C11H10NO2S/c1-7(13)12-11-5-8-3-4-9(14-2)6-10(8)15-11/h3-5H,1-2H3,(H,12,13). The summed E-state index contributed by atoms with van der Waals surface area (Å²) >= 11 is 1.49. The Hall–Kier alpha value is -1.55. The lowest BCUT2D eigenvalue weighted by Crippen LogP contribution is -2.03. The summed E-state index contributed by atoms with van der Waals surface area (Å²) < 4.78 is 6.06. The molecule has 1 aromatic carbocycles. The van der Waals surface area contributed by atoms with Gasteiger partial charge in [-0.25, -0.2) is 0 Å². The van der Waals surface area contributed by atoms with E-state index in [0.29, 0.717) is 5.75 Å². The Balaban J connectivity index is 2.42. The van der Waals surface area contributed by atoms with Crippen LogP contribution in [0.5, 0.6) is 5.75 Å². The number of carbonyl (C=O) groups excluding carboxylic acids is 1. The van der Waals surface area contributed by atoms with Gasteiger partial charge >= 0.3 is 0 Å². The summed E-state index contributed by atoms with van der Waals surface area (Å²) in [5.41, 5.74) is 0. The van der Waals surface area contributed by atoms with E-state index in [1.165, 1.54) is 18.3 Å². The average molecular weight is 220 g/mol. The summed E-state index contributed by atoms with van der Waals surface area (Å²) in [7, 11) is 1.61. The molecule has 1 heterocycles. The minimum Gasteiger partial charge on any atom is -0.496 e. The maximum Gasteiger partial charge on any atom is 0.221 e. The molecule has 1 aromatic heterocycles. The summed E-state index contributed by atoms with van der Waals surface area (Å²) in [6.45, 7) is 1.49. The number of ether oxygens (including phenoxy) is 1. The molecule has 0 bridgehead atoms. The van der Waals surface area contributed by atoms with E-state index < -0.39 is 0 Å². The first kappa shape index (κ1) is 9.98. The number of hydrogen-bond donors (Lipinski definition) is 1. The SMILES string of the molecule is COc1[c]c2sc(NC(C)=O)cc2cc1. The van der Waals surface area contributed by atoms with Crippen LogP contribution in [0.25, 0.3) is 10.1 Å². The summed E-state index contributed by atoms with van der Waals surface area (Å²) in [4.78, 5) is 10.9. The van der Waals surface area contributed by atoms with Gasteiger partial charge in [-0.1, -0.05) is 0 Å². The summed E-state index contributed by atoms with van der Waals surface area (Å²) in [6.07, 6.45) is 0. The molecule has 1 amide bonds. The van der Waals surface area contributed by atoms with Crippen LogP contribution in [0, 0.1) is 6.07 Å². The van der Waals surface area contributed by atoms with Crippen LogP contribution in [0.2, 0.25) is 0 Å². The lowest BCUT2D eigenvalue weighted by molar-refractivity contribution is -0.114. The molecule has 0 atom stereocenters. The normalized spacial score (nSPS) is 10.3. The number of fused-ring (bicyclic) bond motifs is 1. The van der Waals surface area contributed by atoms with Crippen LogP contribution in [-0.4, -0.2) is 13.0 Å². The molecule has 15 heavy (non-hydrogen) atoms. The summed E-state index contributed by atoms with van der Waals surface area (Å²) in [6, 6.07) is 8.85. The van der Waals surface area contributed by atoms with Crippen molar-refractivity contribution >= 4 is 32.3 Å². The van der Waals surface area contributed by atoms with E-state index in [1.807, 2.05) is 18.2 Å². The molecule has 1 N–H and O–H groups in total. The van der Waals surface area contributed by atoms with E-state index >= 15 is 0 Å². The van der Waals surface area contributed by atoms with Crippen LogP contribution in [-0.2, 0) is 4.79 Å². The molecule has 77 valence electrons. The van der Waals surface area contributed by atoms with Crippen molar-refractivity contribution in [2.75, 3.05) is 12.4 Å². The lowest BCUT2D eigenvalue weighted by atomic mass is 10.2. The number of methoxy groups -OCH3 is 1. The van der Waals surface area contributed by atoms with Gasteiger partial charge in [-0.15, -0.1) is 11.3 Å². The van der Waals surface area contributed by atoms with Gasteiger partial charge in [0.15, 0.2) is 0 Å². The highest BCUT2D eigenvalue weighted by Crippen LogP contribution is 2.31. The van der Waals surface area contributed by atoms with Gasteiger partial charge < -0.3 is 10.1 Å². The largest absolute Gasteiger partial charge is 0.496 e. The average Bonchev–Trinajstić information content (AvgIpc) is 2.57. The maximum absolute atomic E-state index is 10.9. The van der Waals surface area contributed by atoms with Crippen LogP contribution in [0.1, 0.15) is 6.92 Å². The predicted octanol–water partition coefficient (Wildman–Crippen LogP) is 2.67. The molecule has 3 nitrogen and oxygen atoms in total. The third-order valence-corrected chi connectivity index (χ3v) is 2.91. The highest BCUT2D eigenvalue weighted by molar-refractivity contribution is 7.22. The molecule has 0 aliphatic carbocycles. The highest BCUT2D eigenvalue weighted by atomic mass is 32.1. The molecule has 0 aliphatic rings. The van der Waals surface area contributed by atoms with Crippen molar-refractivity contribution in [1.82, 2.24) is 0 Å². The molecule has 0 fully saturated rings. The zero-order chi connectivity index (χ0) is 10.8. The Morgan fingerprint density at radius 3 is 3.00 bits per heavy atom. The van der Waals surface area contributed by atoms with E-state index in [1.54, 1.807) is 7.11 Å². The van der Waals surface area contributed by atoms with E-state index in [-0.39, 0.29) is 5.91 Å². The van der Waals surface area contributed by atoms with E-state index in [2.05, 4.69) is 11.4 Å². The molecule has 0 saturated carbocycles. The van der Waals surface area contributed by atoms with Crippen molar-refractivity contribution in [3.8, 4) is 5.75 Å². The fraction of sp³-hybridized carbons (Fsp3) is 0.182. The van der Waals surface area contributed by atoms with Crippen LogP contribution in [0.4, 0.5) is 5.00 Å². The van der Waals surface area contributed by atoms with Crippen molar-refractivity contribution in [3.05, 3.63) is 24.3 Å². The molecular formula is C11H10NO2S. The molecule has 0 aliphatic heterocycles. The van der Waals surface area contributed by atoms with Crippen molar-refractivity contribution in [2.24, 2.45) is 0 Å². The van der Waals surface area contributed by atoms with E-state index in [0.717, 1.165) is 15.1 Å². The number of amides is 1. The minimum absolute atomic E-state index is 0.0616. The number of anilines is 1. The maximum atomic E-state index is 10.9. The van der Waals surface area contributed by atoms with Crippen molar-refractivity contribution < 1.29 is 9.53 Å². The molecule has 4 heteroatoms. The van der Waals surface area contributed by atoms with Gasteiger partial charge in [0.2, 0.25) is 5.91 Å². The smallest absolute Gasteiger partial charge is 0.221 e. The van der Waals surface area contributed by atoms with Gasteiger partial charge in [0.05, 0.1) is 12.1 Å². The second-order valence-electron chi connectivity index (χ2n) is 3.10. The quantitative estimate of drug-likeness (QED) is 0.845. The molecule has 2 rings (SSSR count). The van der Waals surface area contributed by atoms with Crippen molar-refractivity contribution in [1.29, 1.82) is 0 Å². The van der Waals surface area contributed by atoms with Gasteiger partial charge in [-0.05, 0) is 23.6 Å². The summed E-state index contributed by atoms with van der Waals surface area (Å²) in [5, 5.41) is 4.65. The van der Waals surface area contributed by atoms with Gasteiger partial charge in [0, 0.05) is 17.7 Å². The first-order valence-electron chi connectivity index (χ1n) is 4.46. The van der Waals surface area contributed by atoms with Crippen molar-refractivity contribution in [2.45, 2.75) is 6.92 Å². The Bertz CT molecular complexity index is 504. The first-order chi connectivity index (χ1) is 7.19. The van der Waals surface area contributed by atoms with Crippen LogP contribution in [0.15, 0.2) is 18.2 Å². The van der Waals surface area contributed by atoms with Crippen molar-refractivity contribution in [3.63, 3.8) is 0 Å². The van der Waals surface area contributed by atoms with Crippen LogP contribution >= 0.6 is 11.3 Å². The second kappa shape index (κ2) is 3.90. The second-order valence-corrected chi connectivity index (χ2v) is 4.16. The van der Waals surface area contributed by atoms with Crippen LogP contribution < -0.4 is 10.1 Å².